The van der Waals surface area contributed by atoms with Gasteiger partial charge < -0.3 is 19.5 Å². The lowest BCUT2D eigenvalue weighted by Crippen LogP contribution is -2.48. The van der Waals surface area contributed by atoms with Crippen LogP contribution >= 0.6 is 0 Å². The summed E-state index contributed by atoms with van der Waals surface area (Å²) >= 11 is -2.54. The van der Waals surface area contributed by atoms with E-state index in [9.17, 15) is 18.4 Å². The summed E-state index contributed by atoms with van der Waals surface area (Å²) in [6.45, 7) is 6.23. The number of rotatable bonds is 5. The quantitative estimate of drug-likeness (QED) is 0.507. The molecule has 2 aromatic carbocycles. The molecule has 1 saturated heterocycles. The number of aromatic nitrogens is 1. The summed E-state index contributed by atoms with van der Waals surface area (Å²) in [5, 5.41) is 4.31. The number of carbonyl (C=O) groups is 2. The molecular weight excluding hydrogens is 480 g/mol. The van der Waals surface area contributed by atoms with Gasteiger partial charge in [0.1, 0.15) is 5.60 Å². The van der Waals surface area contributed by atoms with Crippen LogP contribution in [0.1, 0.15) is 44.0 Å². The van der Waals surface area contributed by atoms with E-state index in [1.807, 2.05) is 45.0 Å². The number of hydrogen-bond donors (Lipinski definition) is 1. The topological polar surface area (TPSA) is 115 Å². The molecule has 0 bridgehead atoms. The van der Waals surface area contributed by atoms with E-state index in [1.165, 1.54) is 10.5 Å². The molecule has 4 rings (SSSR count). The Bertz CT molecular complexity index is 1270. The van der Waals surface area contributed by atoms with E-state index in [2.05, 4.69) is 10.3 Å². The van der Waals surface area contributed by atoms with Crippen molar-refractivity contribution < 1.29 is 23.1 Å². The van der Waals surface area contributed by atoms with Crippen molar-refractivity contribution in [3.63, 3.8) is 0 Å². The summed E-state index contributed by atoms with van der Waals surface area (Å²) in [7, 11) is 0. The normalized spacial score (nSPS) is 15.4. The Kier molecular flexibility index (Phi) is 7.56. The predicted octanol–water partition coefficient (Wildman–Crippen LogP) is 4.49. The van der Waals surface area contributed by atoms with Gasteiger partial charge in [-0.15, -0.1) is 0 Å². The summed E-state index contributed by atoms with van der Waals surface area (Å²) in [4.78, 5) is 30.7. The molecule has 0 saturated carbocycles. The van der Waals surface area contributed by atoms with Crippen molar-refractivity contribution in [2.45, 2.75) is 45.3 Å². The maximum atomic E-state index is 12.7. The van der Waals surface area contributed by atoms with Crippen LogP contribution in [0.25, 0.3) is 10.8 Å². The number of benzene rings is 2. The van der Waals surface area contributed by atoms with E-state index >= 15 is 0 Å². The SMILES string of the molecule is CC(C)(C)OC(=O)N1CCC(N(c2ccc(NC(=O)c3cccnc3)c3ccccc23)S(=O)[O-])CC1. The number of hydrogen-bond acceptors (Lipinski definition) is 6. The standard InChI is InChI=1S/C26H30N4O5S/c1-26(2,3)35-25(32)29-15-12-19(13-16-29)30(36(33)34)23-11-10-22(20-8-4-5-9-21(20)23)28-24(31)18-7-6-14-27-17-18/h4-11,14,17,19H,12-13,15-16H2,1-3H3,(H,28,31)(H,33,34)/p-1. The second-order valence-electron chi connectivity index (χ2n) is 9.62. The van der Waals surface area contributed by atoms with Crippen LogP contribution in [0.3, 0.4) is 0 Å². The van der Waals surface area contributed by atoms with Gasteiger partial charge in [-0.3, -0.25) is 18.3 Å². The monoisotopic (exact) mass is 509 g/mol. The first-order chi connectivity index (χ1) is 17.1. The third-order valence-corrected chi connectivity index (χ3v) is 6.73. The summed E-state index contributed by atoms with van der Waals surface area (Å²) in [5.74, 6) is -0.306. The number of likely N-dealkylation sites (tertiary alicyclic amines) is 1. The molecule has 1 N–H and O–H groups in total. The maximum Gasteiger partial charge on any atom is 0.410 e. The smallest absolute Gasteiger partial charge is 0.410 e. The zero-order chi connectivity index (χ0) is 25.9. The van der Waals surface area contributed by atoms with Crippen LogP contribution in [-0.2, 0) is 16.0 Å². The van der Waals surface area contributed by atoms with Gasteiger partial charge in [-0.2, -0.15) is 0 Å². The first-order valence-electron chi connectivity index (χ1n) is 11.7. The van der Waals surface area contributed by atoms with Crippen LogP contribution < -0.4 is 9.62 Å². The van der Waals surface area contributed by atoms with Gasteiger partial charge >= 0.3 is 6.09 Å². The molecule has 1 unspecified atom stereocenters. The fourth-order valence-electron chi connectivity index (χ4n) is 4.28. The molecule has 1 atom stereocenters. The molecular formula is C26H29N4O5S-. The predicted molar refractivity (Wildman–Crippen MR) is 138 cm³/mol. The van der Waals surface area contributed by atoms with Crippen molar-refractivity contribution in [3.05, 3.63) is 66.5 Å². The van der Waals surface area contributed by atoms with Crippen LogP contribution in [-0.4, -0.2) is 55.4 Å². The molecule has 0 aliphatic carbocycles. The number of carbonyl (C=O) groups excluding carboxylic acids is 2. The minimum Gasteiger partial charge on any atom is -0.755 e. The van der Waals surface area contributed by atoms with Crippen molar-refractivity contribution >= 4 is 45.4 Å². The van der Waals surface area contributed by atoms with E-state index in [-0.39, 0.29) is 11.9 Å². The minimum atomic E-state index is -2.54. The van der Waals surface area contributed by atoms with E-state index in [1.54, 1.807) is 35.4 Å². The molecule has 1 aromatic heterocycles. The largest absolute Gasteiger partial charge is 0.755 e. The first kappa shape index (κ1) is 25.6. The van der Waals surface area contributed by atoms with Gasteiger partial charge in [-0.25, -0.2) is 4.79 Å². The highest BCUT2D eigenvalue weighted by Gasteiger charge is 2.31. The molecule has 1 fully saturated rings. The van der Waals surface area contributed by atoms with E-state index in [0.29, 0.717) is 53.6 Å². The molecule has 2 amide bonds. The third-order valence-electron chi connectivity index (χ3n) is 5.92. The summed E-state index contributed by atoms with van der Waals surface area (Å²) in [6, 6.07) is 13.8. The van der Waals surface area contributed by atoms with Crippen LogP contribution in [0.2, 0.25) is 0 Å². The average molecular weight is 510 g/mol. The lowest BCUT2D eigenvalue weighted by molar-refractivity contribution is 0.0207. The Labute approximate surface area is 212 Å². The Balaban J connectivity index is 1.58. The minimum absolute atomic E-state index is 0.306. The van der Waals surface area contributed by atoms with Gasteiger partial charge in [0.15, 0.2) is 0 Å². The fourth-order valence-corrected chi connectivity index (χ4v) is 5.06. The summed E-state index contributed by atoms with van der Waals surface area (Å²) < 4.78 is 31.7. The van der Waals surface area contributed by atoms with Crippen LogP contribution in [0, 0.1) is 0 Å². The molecule has 10 heteroatoms. The Morgan fingerprint density at radius 1 is 1.08 bits per heavy atom. The Hall–Kier alpha value is -3.50. The van der Waals surface area contributed by atoms with Crippen LogP contribution in [0.4, 0.5) is 16.2 Å². The lowest BCUT2D eigenvalue weighted by atomic mass is 10.0. The zero-order valence-electron chi connectivity index (χ0n) is 20.5. The van der Waals surface area contributed by atoms with Crippen LogP contribution in [0.15, 0.2) is 60.9 Å². The van der Waals surface area contributed by atoms with Gasteiger partial charge in [0.05, 0.1) is 11.3 Å². The molecule has 2 heterocycles. The highest BCUT2D eigenvalue weighted by atomic mass is 32.2. The van der Waals surface area contributed by atoms with E-state index in [4.69, 9.17) is 4.74 Å². The number of fused-ring (bicyclic) bond motifs is 1. The van der Waals surface area contributed by atoms with Gasteiger partial charge in [-0.1, -0.05) is 24.3 Å². The Morgan fingerprint density at radius 3 is 2.39 bits per heavy atom. The molecule has 3 aromatic rings. The number of nitrogens with zero attached hydrogens (tertiary/aromatic N) is 3. The highest BCUT2D eigenvalue weighted by Crippen LogP contribution is 2.36. The van der Waals surface area contributed by atoms with Gasteiger partial charge in [-0.05, 0) is 57.9 Å². The van der Waals surface area contributed by atoms with Gasteiger partial charge in [0.25, 0.3) is 5.91 Å². The van der Waals surface area contributed by atoms with Crippen molar-refractivity contribution in [2.75, 3.05) is 22.7 Å². The summed E-state index contributed by atoms with van der Waals surface area (Å²) in [5.41, 5.74) is 0.919. The van der Waals surface area contributed by atoms with E-state index in [0.717, 1.165) is 0 Å². The molecule has 1 aliphatic rings. The van der Waals surface area contributed by atoms with Crippen molar-refractivity contribution in [3.8, 4) is 0 Å². The number of pyridine rings is 1. The van der Waals surface area contributed by atoms with Crippen molar-refractivity contribution in [1.29, 1.82) is 0 Å². The number of piperidine rings is 1. The number of ether oxygens (including phenoxy) is 1. The first-order valence-corrected chi connectivity index (χ1v) is 12.8. The lowest BCUT2D eigenvalue weighted by Gasteiger charge is -2.40. The Morgan fingerprint density at radius 2 is 1.78 bits per heavy atom. The number of anilines is 2. The second kappa shape index (κ2) is 10.6. The maximum absolute atomic E-state index is 12.7. The van der Waals surface area contributed by atoms with Crippen molar-refractivity contribution in [2.24, 2.45) is 0 Å². The van der Waals surface area contributed by atoms with Gasteiger partial charge in [0, 0.05) is 59.3 Å². The van der Waals surface area contributed by atoms with Crippen LogP contribution in [0.5, 0.6) is 0 Å². The summed E-state index contributed by atoms with van der Waals surface area (Å²) in [6.07, 6.45) is 3.63. The average Bonchev–Trinajstić information content (AvgIpc) is 2.85. The molecule has 9 nitrogen and oxygen atoms in total. The zero-order valence-corrected chi connectivity index (χ0v) is 21.3. The van der Waals surface area contributed by atoms with Crippen molar-refractivity contribution in [1.82, 2.24) is 9.88 Å². The number of nitrogens with one attached hydrogen (secondary N) is 1. The van der Waals surface area contributed by atoms with E-state index < -0.39 is 23.0 Å². The molecule has 0 spiro atoms. The number of amides is 2. The molecule has 190 valence electrons. The second-order valence-corrected chi connectivity index (χ2v) is 10.4. The molecule has 0 radical (unpaired) electrons. The highest BCUT2D eigenvalue weighted by molar-refractivity contribution is 7.80. The van der Waals surface area contributed by atoms with Gasteiger partial charge in [0.2, 0.25) is 0 Å². The molecule has 36 heavy (non-hydrogen) atoms. The fraction of sp³-hybridized carbons (Fsp3) is 0.346. The third kappa shape index (κ3) is 5.83. The molecule has 1 aliphatic heterocycles.